The van der Waals surface area contributed by atoms with Crippen molar-refractivity contribution in [3.05, 3.63) is 0 Å². The van der Waals surface area contributed by atoms with E-state index in [2.05, 4.69) is 39.6 Å². The van der Waals surface area contributed by atoms with Crippen molar-refractivity contribution in [2.45, 2.75) is 52.1 Å². The zero-order valence-electron chi connectivity index (χ0n) is 8.52. The van der Waals surface area contributed by atoms with Crippen LogP contribution < -0.4 is 0 Å². The Kier molecular flexibility index (Phi) is 2.29. The number of hydrogen-bond donors (Lipinski definition) is 0. The number of nitrogens with zero attached hydrogens (tertiary/aromatic N) is 1. The molecule has 0 heterocycles. The molecule has 66 valence electrons. The summed E-state index contributed by atoms with van der Waals surface area (Å²) in [5.41, 5.74) is 0.376. The summed E-state index contributed by atoms with van der Waals surface area (Å²) in [5.74, 6) is 0.744. The van der Waals surface area contributed by atoms with Gasteiger partial charge in [-0.3, -0.25) is 4.90 Å². The van der Waals surface area contributed by atoms with E-state index in [1.54, 1.807) is 0 Å². The van der Waals surface area contributed by atoms with Crippen molar-refractivity contribution >= 4 is 0 Å². The lowest BCUT2D eigenvalue weighted by atomic mass is 9.89. The van der Waals surface area contributed by atoms with Gasteiger partial charge in [0.25, 0.3) is 0 Å². The Bertz CT molecular complexity index is 134. The molecule has 1 heteroatoms. The van der Waals surface area contributed by atoms with Gasteiger partial charge < -0.3 is 0 Å². The van der Waals surface area contributed by atoms with Gasteiger partial charge in [0.05, 0.1) is 0 Å². The summed E-state index contributed by atoms with van der Waals surface area (Å²) in [6.07, 6.45) is 2.82. The van der Waals surface area contributed by atoms with Gasteiger partial charge in [-0.25, -0.2) is 0 Å². The van der Waals surface area contributed by atoms with E-state index in [9.17, 15) is 0 Å². The van der Waals surface area contributed by atoms with Gasteiger partial charge in [-0.15, -0.1) is 0 Å². The third kappa shape index (κ3) is 1.76. The third-order valence-electron chi connectivity index (χ3n) is 3.42. The van der Waals surface area contributed by atoms with Crippen molar-refractivity contribution in [2.75, 3.05) is 7.05 Å². The smallest absolute Gasteiger partial charge is 0.0176 e. The van der Waals surface area contributed by atoms with E-state index in [1.165, 1.54) is 12.8 Å². The highest BCUT2D eigenvalue weighted by Gasteiger charge is 2.37. The molecule has 0 bridgehead atoms. The molecule has 0 unspecified atom stereocenters. The highest BCUT2D eigenvalue weighted by Crippen LogP contribution is 2.34. The molecule has 0 saturated heterocycles. The molecule has 0 aromatic carbocycles. The first-order chi connectivity index (χ1) is 4.96. The Morgan fingerprint density at radius 2 is 1.73 bits per heavy atom. The lowest BCUT2D eigenvalue weighted by Crippen LogP contribution is -2.46. The summed E-state index contributed by atoms with van der Waals surface area (Å²) in [5, 5.41) is 0. The maximum Gasteiger partial charge on any atom is 0.0176 e. The molecule has 1 nitrogen and oxygen atoms in total. The average Bonchev–Trinajstić information content (AvgIpc) is 2.66. The van der Waals surface area contributed by atoms with Crippen molar-refractivity contribution in [1.29, 1.82) is 0 Å². The Balaban J connectivity index is 2.54. The monoisotopic (exact) mass is 155 g/mol. The average molecular weight is 155 g/mol. The standard InChI is InChI=1S/C10H21N/c1-8(2)10(3,4)11(5)9-6-7-9/h8-9H,6-7H2,1-5H3. The van der Waals surface area contributed by atoms with E-state index in [4.69, 9.17) is 0 Å². The predicted molar refractivity (Wildman–Crippen MR) is 49.7 cm³/mol. The second-order valence-corrected chi connectivity index (χ2v) is 4.65. The summed E-state index contributed by atoms with van der Waals surface area (Å²) in [6.45, 7) is 9.30. The number of rotatable bonds is 3. The summed E-state index contributed by atoms with van der Waals surface area (Å²) >= 11 is 0. The van der Waals surface area contributed by atoms with Crippen LogP contribution in [0.5, 0.6) is 0 Å². The molecule has 0 aliphatic heterocycles. The maximum absolute atomic E-state index is 2.54. The van der Waals surface area contributed by atoms with Crippen LogP contribution in [-0.4, -0.2) is 23.5 Å². The molecule has 0 aromatic rings. The van der Waals surface area contributed by atoms with Crippen LogP contribution in [0.4, 0.5) is 0 Å². The fourth-order valence-corrected chi connectivity index (χ4v) is 1.34. The van der Waals surface area contributed by atoms with Crippen LogP contribution in [-0.2, 0) is 0 Å². The summed E-state index contributed by atoms with van der Waals surface area (Å²) in [7, 11) is 2.26. The lowest BCUT2D eigenvalue weighted by Gasteiger charge is -2.39. The van der Waals surface area contributed by atoms with E-state index in [0.717, 1.165) is 12.0 Å². The van der Waals surface area contributed by atoms with Gasteiger partial charge in [0.2, 0.25) is 0 Å². The maximum atomic E-state index is 2.54. The van der Waals surface area contributed by atoms with Crippen LogP contribution in [0, 0.1) is 5.92 Å². The minimum atomic E-state index is 0.376. The second kappa shape index (κ2) is 2.78. The Morgan fingerprint density at radius 3 is 2.00 bits per heavy atom. The predicted octanol–water partition coefficient (Wildman–Crippen LogP) is 2.52. The quantitative estimate of drug-likeness (QED) is 0.605. The van der Waals surface area contributed by atoms with Crippen molar-refractivity contribution < 1.29 is 0 Å². The van der Waals surface area contributed by atoms with Crippen LogP contribution in [0.25, 0.3) is 0 Å². The van der Waals surface area contributed by atoms with Crippen LogP contribution in [0.15, 0.2) is 0 Å². The molecule has 1 aliphatic rings. The highest BCUT2D eigenvalue weighted by molar-refractivity contribution is 4.92. The minimum absolute atomic E-state index is 0.376. The topological polar surface area (TPSA) is 3.24 Å². The van der Waals surface area contributed by atoms with Crippen LogP contribution in [0.2, 0.25) is 0 Å². The van der Waals surface area contributed by atoms with Crippen LogP contribution in [0.3, 0.4) is 0 Å². The molecular formula is C10H21N. The molecule has 0 radical (unpaired) electrons. The number of hydrogen-bond acceptors (Lipinski definition) is 1. The molecule has 0 N–H and O–H groups in total. The van der Waals surface area contributed by atoms with E-state index in [-0.39, 0.29) is 0 Å². The van der Waals surface area contributed by atoms with E-state index in [0.29, 0.717) is 5.54 Å². The fourth-order valence-electron chi connectivity index (χ4n) is 1.34. The van der Waals surface area contributed by atoms with Crippen molar-refractivity contribution in [1.82, 2.24) is 4.90 Å². The summed E-state index contributed by atoms with van der Waals surface area (Å²) in [4.78, 5) is 2.54. The van der Waals surface area contributed by atoms with Crippen LogP contribution in [0.1, 0.15) is 40.5 Å². The van der Waals surface area contributed by atoms with E-state index in [1.807, 2.05) is 0 Å². The van der Waals surface area contributed by atoms with Gasteiger partial charge >= 0.3 is 0 Å². The molecule has 11 heavy (non-hydrogen) atoms. The van der Waals surface area contributed by atoms with Gasteiger partial charge in [0, 0.05) is 11.6 Å². The van der Waals surface area contributed by atoms with Gasteiger partial charge in [0.1, 0.15) is 0 Å². The SMILES string of the molecule is CC(C)C(C)(C)N(C)C1CC1. The van der Waals surface area contributed by atoms with Gasteiger partial charge in [0.15, 0.2) is 0 Å². The Morgan fingerprint density at radius 1 is 1.27 bits per heavy atom. The summed E-state index contributed by atoms with van der Waals surface area (Å²) in [6, 6.07) is 0.882. The zero-order chi connectivity index (χ0) is 8.65. The molecule has 0 aromatic heterocycles. The Labute approximate surface area is 70.8 Å². The normalized spacial score (nSPS) is 19.9. The van der Waals surface area contributed by atoms with Gasteiger partial charge in [-0.2, -0.15) is 0 Å². The zero-order valence-corrected chi connectivity index (χ0v) is 8.52. The van der Waals surface area contributed by atoms with E-state index >= 15 is 0 Å². The third-order valence-corrected chi connectivity index (χ3v) is 3.42. The molecular weight excluding hydrogens is 134 g/mol. The largest absolute Gasteiger partial charge is 0.298 e. The lowest BCUT2D eigenvalue weighted by molar-refractivity contribution is 0.0977. The highest BCUT2D eigenvalue weighted by atomic mass is 15.2. The molecule has 1 fully saturated rings. The molecule has 0 atom stereocenters. The van der Waals surface area contributed by atoms with Gasteiger partial charge in [-0.05, 0) is 39.7 Å². The molecule has 0 spiro atoms. The minimum Gasteiger partial charge on any atom is -0.298 e. The van der Waals surface area contributed by atoms with Crippen molar-refractivity contribution in [3.63, 3.8) is 0 Å². The Hall–Kier alpha value is -0.0400. The fraction of sp³-hybridized carbons (Fsp3) is 1.00. The van der Waals surface area contributed by atoms with Crippen molar-refractivity contribution in [3.8, 4) is 0 Å². The molecule has 0 amide bonds. The molecule has 1 aliphatic carbocycles. The van der Waals surface area contributed by atoms with Crippen molar-refractivity contribution in [2.24, 2.45) is 5.92 Å². The second-order valence-electron chi connectivity index (χ2n) is 4.65. The molecule has 1 saturated carbocycles. The first-order valence-corrected chi connectivity index (χ1v) is 4.69. The first-order valence-electron chi connectivity index (χ1n) is 4.69. The summed E-state index contributed by atoms with van der Waals surface area (Å²) < 4.78 is 0. The first kappa shape index (κ1) is 9.05. The van der Waals surface area contributed by atoms with E-state index < -0.39 is 0 Å². The van der Waals surface area contributed by atoms with Crippen LogP contribution >= 0.6 is 0 Å². The molecule has 1 rings (SSSR count). The van der Waals surface area contributed by atoms with Gasteiger partial charge in [-0.1, -0.05) is 13.8 Å².